The molecule has 1 aliphatic heterocycles. The fraction of sp³-hybridized carbons (Fsp3) is 0.125. The van der Waals surface area contributed by atoms with Crippen LogP contribution in [0.4, 0.5) is 0 Å². The molecule has 1 aliphatic rings. The molecule has 4 heterocycles. The van der Waals surface area contributed by atoms with Crippen molar-refractivity contribution in [1.82, 2.24) is 4.57 Å². The summed E-state index contributed by atoms with van der Waals surface area (Å²) in [5, 5.41) is 7.28. The molecule has 0 amide bonds. The highest BCUT2D eigenvalue weighted by Crippen LogP contribution is 2.38. The number of hydrogen-bond donors (Lipinski definition) is 1. The first kappa shape index (κ1) is 22.8. The van der Waals surface area contributed by atoms with E-state index in [0.717, 1.165) is 15.9 Å². The largest absolute Gasteiger partial charge is 0.469 e. The maximum Gasteiger partial charge on any atom is 0.337 e. The lowest BCUT2D eigenvalue weighted by atomic mass is 9.90. The van der Waals surface area contributed by atoms with Gasteiger partial charge >= 0.3 is 5.97 Å². The number of ether oxygens (including phenoxy) is 1. The predicted molar refractivity (Wildman–Crippen MR) is 128 cm³/mol. The number of fused-ring (bicyclic) bond motifs is 1. The number of nitrogens with one attached hydrogen (secondary N) is 1. The number of furan rings is 2. The maximum atomic E-state index is 13.9. The highest BCUT2D eigenvalue weighted by Gasteiger charge is 2.49. The van der Waals surface area contributed by atoms with Gasteiger partial charge in [0.1, 0.15) is 27.3 Å². The Morgan fingerprint density at radius 2 is 1.80 bits per heavy atom. The molecule has 3 aromatic heterocycles. The lowest BCUT2D eigenvalue weighted by Crippen LogP contribution is -2.53. The first-order valence-corrected chi connectivity index (χ1v) is 12.7. The van der Waals surface area contributed by atoms with Crippen molar-refractivity contribution in [1.29, 1.82) is 5.41 Å². The van der Waals surface area contributed by atoms with Crippen molar-refractivity contribution in [2.45, 2.75) is 16.1 Å². The highest BCUT2D eigenvalue weighted by molar-refractivity contribution is 7.93. The Morgan fingerprint density at radius 3 is 2.43 bits per heavy atom. The SMILES string of the molecule is COC(=O)C1=c2sc(=Cc3ccco3)c(=O)n2C(=N)C(S(=O)(=O)c2ccccc2)C1c1ccco1. The lowest BCUT2D eigenvalue weighted by molar-refractivity contribution is -0.134. The Hall–Kier alpha value is -3.96. The molecule has 0 saturated heterocycles. The summed E-state index contributed by atoms with van der Waals surface area (Å²) in [4.78, 5) is 26.4. The van der Waals surface area contributed by atoms with E-state index in [2.05, 4.69) is 0 Å². The number of benzene rings is 1. The first-order valence-electron chi connectivity index (χ1n) is 10.4. The summed E-state index contributed by atoms with van der Waals surface area (Å²) >= 11 is 0.945. The van der Waals surface area contributed by atoms with Crippen LogP contribution in [0.3, 0.4) is 0 Å². The van der Waals surface area contributed by atoms with Crippen LogP contribution in [0.25, 0.3) is 11.6 Å². The molecule has 178 valence electrons. The van der Waals surface area contributed by atoms with Crippen LogP contribution in [0.2, 0.25) is 0 Å². The average molecular weight is 511 g/mol. The molecular weight excluding hydrogens is 492 g/mol. The third-order valence-corrected chi connectivity index (χ3v) is 8.86. The maximum absolute atomic E-state index is 13.9. The molecule has 5 rings (SSSR count). The van der Waals surface area contributed by atoms with Crippen molar-refractivity contribution in [3.8, 4) is 0 Å². The molecule has 9 nitrogen and oxygen atoms in total. The van der Waals surface area contributed by atoms with Crippen LogP contribution in [0.1, 0.15) is 17.4 Å². The van der Waals surface area contributed by atoms with E-state index in [4.69, 9.17) is 19.0 Å². The van der Waals surface area contributed by atoms with Gasteiger partial charge in [-0.3, -0.25) is 14.8 Å². The first-order chi connectivity index (χ1) is 16.8. The van der Waals surface area contributed by atoms with Crippen LogP contribution in [-0.4, -0.2) is 37.1 Å². The number of carbonyl (C=O) groups excluding carboxylic acids is 1. The molecule has 4 aromatic rings. The molecule has 35 heavy (non-hydrogen) atoms. The molecule has 0 spiro atoms. The van der Waals surface area contributed by atoms with Gasteiger partial charge in [0, 0.05) is 6.08 Å². The van der Waals surface area contributed by atoms with E-state index in [0.29, 0.717) is 5.76 Å². The number of hydrogen-bond acceptors (Lipinski definition) is 9. The fourth-order valence-electron chi connectivity index (χ4n) is 4.12. The normalized spacial score (nSPS) is 18.5. The minimum atomic E-state index is -4.26. The molecular formula is C24H18N2O7S2. The molecule has 0 bridgehead atoms. The van der Waals surface area contributed by atoms with Gasteiger partial charge in [-0.05, 0) is 36.4 Å². The van der Waals surface area contributed by atoms with Crippen LogP contribution in [0, 0.1) is 5.41 Å². The van der Waals surface area contributed by atoms with Crippen molar-refractivity contribution in [3.05, 3.63) is 98.2 Å². The summed E-state index contributed by atoms with van der Waals surface area (Å²) < 4.78 is 44.8. The topological polar surface area (TPSA) is 133 Å². The second-order valence-corrected chi connectivity index (χ2v) is 10.7. The fourth-order valence-corrected chi connectivity index (χ4v) is 7.13. The molecule has 2 unspecified atom stereocenters. The molecule has 1 aromatic carbocycles. The smallest absolute Gasteiger partial charge is 0.337 e. The number of thiazole rings is 1. The Kier molecular flexibility index (Phi) is 5.65. The Bertz CT molecular complexity index is 1700. The van der Waals surface area contributed by atoms with E-state index < -0.39 is 38.4 Å². The van der Waals surface area contributed by atoms with Gasteiger partial charge < -0.3 is 13.6 Å². The van der Waals surface area contributed by atoms with Crippen LogP contribution in [-0.2, 0) is 19.4 Å². The third-order valence-electron chi connectivity index (χ3n) is 5.66. The molecule has 0 aliphatic carbocycles. The zero-order valence-corrected chi connectivity index (χ0v) is 19.8. The number of methoxy groups -OCH3 is 1. The van der Waals surface area contributed by atoms with Crippen molar-refractivity contribution in [2.75, 3.05) is 7.11 Å². The summed E-state index contributed by atoms with van der Waals surface area (Å²) in [6.07, 6.45) is 4.27. The van der Waals surface area contributed by atoms with Gasteiger partial charge in [-0.2, -0.15) is 0 Å². The summed E-state index contributed by atoms with van der Waals surface area (Å²) in [5.74, 6) is -1.98. The second-order valence-electron chi connectivity index (χ2n) is 7.63. The summed E-state index contributed by atoms with van der Waals surface area (Å²) in [5.41, 5.74) is -0.719. The van der Waals surface area contributed by atoms with Crippen molar-refractivity contribution in [3.63, 3.8) is 0 Å². The minimum Gasteiger partial charge on any atom is -0.469 e. The van der Waals surface area contributed by atoms with E-state index in [1.165, 1.54) is 43.9 Å². The average Bonchev–Trinajstić information content (AvgIpc) is 3.62. The molecule has 11 heteroatoms. The van der Waals surface area contributed by atoms with E-state index >= 15 is 0 Å². The van der Waals surface area contributed by atoms with Crippen LogP contribution in [0.15, 0.2) is 85.6 Å². The van der Waals surface area contributed by atoms with Crippen LogP contribution in [0.5, 0.6) is 0 Å². The Balaban J connectivity index is 1.88. The summed E-state index contributed by atoms with van der Waals surface area (Å²) in [6.45, 7) is 0. The molecule has 1 N–H and O–H groups in total. The van der Waals surface area contributed by atoms with Gasteiger partial charge in [-0.1, -0.05) is 18.2 Å². The number of sulfone groups is 1. The van der Waals surface area contributed by atoms with E-state index in [9.17, 15) is 18.0 Å². The van der Waals surface area contributed by atoms with Crippen molar-refractivity contribution in [2.24, 2.45) is 0 Å². The van der Waals surface area contributed by atoms with Crippen molar-refractivity contribution >= 4 is 44.6 Å². The van der Waals surface area contributed by atoms with Gasteiger partial charge in [0.2, 0.25) is 0 Å². The van der Waals surface area contributed by atoms with E-state index in [1.807, 2.05) is 0 Å². The zero-order valence-electron chi connectivity index (χ0n) is 18.2. The highest BCUT2D eigenvalue weighted by atomic mass is 32.2. The lowest BCUT2D eigenvalue weighted by Gasteiger charge is -2.30. The summed E-state index contributed by atoms with van der Waals surface area (Å²) in [7, 11) is -3.09. The molecule has 0 saturated carbocycles. The van der Waals surface area contributed by atoms with Crippen molar-refractivity contribution < 1.29 is 26.8 Å². The zero-order chi connectivity index (χ0) is 24.7. The number of nitrogens with zero attached hydrogens (tertiary/aromatic N) is 1. The van der Waals surface area contributed by atoms with Gasteiger partial charge in [-0.25, -0.2) is 13.2 Å². The molecule has 0 radical (unpaired) electrons. The van der Waals surface area contributed by atoms with Crippen LogP contribution < -0.4 is 14.8 Å². The van der Waals surface area contributed by atoms with Gasteiger partial charge in [0.25, 0.3) is 5.56 Å². The Labute approximate surface area is 202 Å². The summed E-state index contributed by atoms with van der Waals surface area (Å²) in [6, 6.07) is 14.0. The molecule has 0 fully saturated rings. The third kappa shape index (κ3) is 3.69. The van der Waals surface area contributed by atoms with E-state index in [1.54, 1.807) is 36.4 Å². The number of carbonyl (C=O) groups is 1. The monoisotopic (exact) mass is 510 g/mol. The predicted octanol–water partition coefficient (Wildman–Crippen LogP) is 1.71. The number of rotatable bonds is 5. The Morgan fingerprint density at radius 1 is 1.09 bits per heavy atom. The van der Waals surface area contributed by atoms with Gasteiger partial charge in [0.15, 0.2) is 9.84 Å². The second kappa shape index (κ2) is 8.67. The number of aromatic nitrogens is 1. The quantitative estimate of drug-likeness (QED) is 0.404. The van der Waals surface area contributed by atoms with Gasteiger partial charge in [-0.15, -0.1) is 11.3 Å². The number of esters is 1. The minimum absolute atomic E-state index is 0.0513. The van der Waals surface area contributed by atoms with Gasteiger partial charge in [0.05, 0.1) is 40.6 Å². The standard InChI is InChI=1S/C24H18N2O7S2/c1-31-24(28)19-18(16-10-6-12-33-16)20(35(29,30)15-8-3-2-4-9-15)21(25)26-22(27)17(34-23(19)26)13-14-7-5-11-32-14/h2-13,18,20,25H,1H3. The van der Waals surface area contributed by atoms with E-state index in [-0.39, 0.29) is 25.4 Å². The van der Waals surface area contributed by atoms with Crippen LogP contribution >= 0.6 is 11.3 Å². The molecule has 2 atom stereocenters.